The average molecular weight is 362 g/mol. The fourth-order valence-electron chi connectivity index (χ4n) is 3.30. The van der Waals surface area contributed by atoms with Crippen molar-refractivity contribution in [1.82, 2.24) is 25.0 Å². The second-order valence-electron chi connectivity index (χ2n) is 6.70. The molecule has 7 heteroatoms. The molecule has 1 aliphatic heterocycles. The Kier molecular flexibility index (Phi) is 5.71. The molecule has 1 aliphatic carbocycles. The molecule has 2 fully saturated rings. The summed E-state index contributed by atoms with van der Waals surface area (Å²) in [5.74, 6) is 0.0387. The van der Waals surface area contributed by atoms with E-state index < -0.39 is 0 Å². The highest BCUT2D eigenvalue weighted by Crippen LogP contribution is 2.29. The molecule has 25 heavy (non-hydrogen) atoms. The number of halogens is 1. The number of hydrogen-bond donors (Lipinski definition) is 1. The van der Waals surface area contributed by atoms with Crippen LogP contribution in [0.4, 0.5) is 0 Å². The van der Waals surface area contributed by atoms with E-state index in [1.165, 1.54) is 0 Å². The molecule has 1 amide bonds. The van der Waals surface area contributed by atoms with Crippen molar-refractivity contribution in [1.29, 1.82) is 0 Å². The molecule has 6 nitrogen and oxygen atoms in total. The van der Waals surface area contributed by atoms with Gasteiger partial charge in [0.15, 0.2) is 0 Å². The topological polar surface area (TPSA) is 63.1 Å². The van der Waals surface area contributed by atoms with E-state index in [1.807, 2.05) is 34.0 Å². The minimum atomic E-state index is 0. The molecule has 1 atom stereocenters. The summed E-state index contributed by atoms with van der Waals surface area (Å²) in [6, 6.07) is 6.50. The van der Waals surface area contributed by atoms with Gasteiger partial charge in [0, 0.05) is 37.7 Å². The molecule has 4 rings (SSSR count). The SMILES string of the molecule is Cl.O=C(c1ccn(C2CCCNC2)n1)N(Cc1ccncc1)C1CC1. The molecule has 2 aromatic rings. The largest absolute Gasteiger partial charge is 0.330 e. The molecule has 0 bridgehead atoms. The molecule has 0 spiro atoms. The van der Waals surface area contributed by atoms with Gasteiger partial charge in [0.2, 0.25) is 0 Å². The monoisotopic (exact) mass is 361 g/mol. The average Bonchev–Trinajstić information content (AvgIpc) is 3.36. The molecular weight excluding hydrogens is 338 g/mol. The van der Waals surface area contributed by atoms with E-state index in [9.17, 15) is 4.79 Å². The summed E-state index contributed by atoms with van der Waals surface area (Å²) in [7, 11) is 0. The van der Waals surface area contributed by atoms with E-state index in [-0.39, 0.29) is 18.3 Å². The smallest absolute Gasteiger partial charge is 0.274 e. The van der Waals surface area contributed by atoms with Crippen LogP contribution < -0.4 is 5.32 Å². The fraction of sp³-hybridized carbons (Fsp3) is 0.500. The molecule has 1 N–H and O–H groups in total. The molecule has 0 aromatic carbocycles. The summed E-state index contributed by atoms with van der Waals surface area (Å²) in [5, 5.41) is 7.97. The highest BCUT2D eigenvalue weighted by molar-refractivity contribution is 5.92. The van der Waals surface area contributed by atoms with Gasteiger partial charge in [0.25, 0.3) is 5.91 Å². The highest BCUT2D eigenvalue weighted by Gasteiger charge is 2.34. The van der Waals surface area contributed by atoms with E-state index in [4.69, 9.17) is 0 Å². The number of aromatic nitrogens is 3. The van der Waals surface area contributed by atoms with Gasteiger partial charge in [-0.2, -0.15) is 5.10 Å². The van der Waals surface area contributed by atoms with E-state index >= 15 is 0 Å². The first-order valence-corrected chi connectivity index (χ1v) is 8.77. The van der Waals surface area contributed by atoms with Crippen molar-refractivity contribution in [2.45, 2.75) is 44.3 Å². The minimum absolute atomic E-state index is 0. The lowest BCUT2D eigenvalue weighted by Gasteiger charge is -2.23. The zero-order chi connectivity index (χ0) is 16.4. The van der Waals surface area contributed by atoms with E-state index in [1.54, 1.807) is 12.4 Å². The number of pyridine rings is 1. The molecule has 1 saturated heterocycles. The molecule has 2 aromatic heterocycles. The Morgan fingerprint density at radius 2 is 2.04 bits per heavy atom. The summed E-state index contributed by atoms with van der Waals surface area (Å²) in [4.78, 5) is 19.0. The maximum absolute atomic E-state index is 12.9. The molecular formula is C18H24ClN5O. The van der Waals surface area contributed by atoms with Gasteiger partial charge in [0.1, 0.15) is 5.69 Å². The predicted octanol–water partition coefficient (Wildman–Crippen LogP) is 2.43. The summed E-state index contributed by atoms with van der Waals surface area (Å²) >= 11 is 0. The second kappa shape index (κ2) is 7.97. The van der Waals surface area contributed by atoms with Gasteiger partial charge in [-0.15, -0.1) is 12.4 Å². The zero-order valence-corrected chi connectivity index (χ0v) is 15.0. The third-order valence-electron chi connectivity index (χ3n) is 4.82. The molecule has 3 heterocycles. The van der Waals surface area contributed by atoms with Crippen LogP contribution in [0.5, 0.6) is 0 Å². The van der Waals surface area contributed by atoms with Crippen molar-refractivity contribution in [2.24, 2.45) is 0 Å². The van der Waals surface area contributed by atoms with Crippen LogP contribution >= 0.6 is 12.4 Å². The second-order valence-corrected chi connectivity index (χ2v) is 6.70. The van der Waals surface area contributed by atoms with Crippen LogP contribution in [0, 0.1) is 0 Å². The van der Waals surface area contributed by atoms with Gasteiger partial charge in [-0.1, -0.05) is 0 Å². The van der Waals surface area contributed by atoms with E-state index in [0.717, 1.165) is 44.3 Å². The van der Waals surface area contributed by atoms with E-state index in [2.05, 4.69) is 15.4 Å². The van der Waals surface area contributed by atoms with Gasteiger partial charge in [-0.25, -0.2) is 0 Å². The Labute approximate surface area is 154 Å². The summed E-state index contributed by atoms with van der Waals surface area (Å²) in [6.07, 6.45) is 9.94. The van der Waals surface area contributed by atoms with Crippen LogP contribution in [-0.4, -0.2) is 44.7 Å². The van der Waals surface area contributed by atoms with Gasteiger partial charge >= 0.3 is 0 Å². The number of rotatable bonds is 5. The molecule has 134 valence electrons. The van der Waals surface area contributed by atoms with Crippen molar-refractivity contribution in [2.75, 3.05) is 13.1 Å². The maximum Gasteiger partial charge on any atom is 0.274 e. The zero-order valence-electron chi connectivity index (χ0n) is 14.2. The Morgan fingerprint density at radius 3 is 2.72 bits per heavy atom. The number of piperidine rings is 1. The molecule has 1 saturated carbocycles. The lowest BCUT2D eigenvalue weighted by molar-refractivity contribution is 0.0722. The van der Waals surface area contributed by atoms with Crippen LogP contribution in [0.25, 0.3) is 0 Å². The van der Waals surface area contributed by atoms with Gasteiger partial charge < -0.3 is 10.2 Å². The molecule has 1 unspecified atom stereocenters. The van der Waals surface area contributed by atoms with Crippen molar-refractivity contribution in [3.63, 3.8) is 0 Å². The quantitative estimate of drug-likeness (QED) is 0.888. The summed E-state index contributed by atoms with van der Waals surface area (Å²) in [6.45, 7) is 2.63. The first kappa shape index (κ1) is 17.9. The lowest BCUT2D eigenvalue weighted by Crippen LogP contribution is -2.34. The summed E-state index contributed by atoms with van der Waals surface area (Å²) < 4.78 is 1.96. The van der Waals surface area contributed by atoms with E-state index in [0.29, 0.717) is 24.3 Å². The van der Waals surface area contributed by atoms with Crippen molar-refractivity contribution in [3.8, 4) is 0 Å². The van der Waals surface area contributed by atoms with Gasteiger partial charge in [-0.3, -0.25) is 14.5 Å². The van der Waals surface area contributed by atoms with Crippen molar-refractivity contribution in [3.05, 3.63) is 48.0 Å². The third kappa shape index (κ3) is 4.19. The van der Waals surface area contributed by atoms with Crippen LogP contribution in [0.3, 0.4) is 0 Å². The minimum Gasteiger partial charge on any atom is -0.330 e. The number of nitrogens with zero attached hydrogens (tertiary/aromatic N) is 4. The fourth-order valence-corrected chi connectivity index (χ4v) is 3.30. The maximum atomic E-state index is 12.9. The van der Waals surface area contributed by atoms with Crippen molar-refractivity contribution < 1.29 is 4.79 Å². The Bertz CT molecular complexity index is 695. The highest BCUT2D eigenvalue weighted by atomic mass is 35.5. The Hall–Kier alpha value is -1.92. The predicted molar refractivity (Wildman–Crippen MR) is 97.7 cm³/mol. The van der Waals surface area contributed by atoms with Crippen LogP contribution in [0.15, 0.2) is 36.8 Å². The first-order chi connectivity index (χ1) is 11.8. The van der Waals surface area contributed by atoms with Crippen LogP contribution in [0.2, 0.25) is 0 Å². The summed E-state index contributed by atoms with van der Waals surface area (Å²) in [5.41, 5.74) is 1.67. The number of carbonyl (C=O) groups is 1. The van der Waals surface area contributed by atoms with Crippen molar-refractivity contribution >= 4 is 18.3 Å². The van der Waals surface area contributed by atoms with Crippen LogP contribution in [0.1, 0.15) is 47.8 Å². The lowest BCUT2D eigenvalue weighted by atomic mass is 10.1. The normalized spacial score (nSPS) is 19.9. The molecule has 2 aliphatic rings. The number of hydrogen-bond acceptors (Lipinski definition) is 4. The number of amides is 1. The first-order valence-electron chi connectivity index (χ1n) is 8.77. The van der Waals surface area contributed by atoms with Gasteiger partial charge in [0.05, 0.1) is 6.04 Å². The van der Waals surface area contributed by atoms with Gasteiger partial charge in [-0.05, 0) is 56.0 Å². The van der Waals surface area contributed by atoms with Crippen LogP contribution in [-0.2, 0) is 6.54 Å². The number of carbonyl (C=O) groups excluding carboxylic acids is 1. The standard InChI is InChI=1S/C18H23N5O.ClH/c24-18(17-7-11-23(21-17)16-2-1-8-20-12-16)22(15-3-4-15)13-14-5-9-19-10-6-14;/h5-7,9-11,15-16,20H,1-4,8,12-13H2;1H. The molecule has 0 radical (unpaired) electrons. The Morgan fingerprint density at radius 1 is 1.24 bits per heavy atom. The Balaban J connectivity index is 0.00000182. The number of nitrogens with one attached hydrogen (secondary N) is 1. The third-order valence-corrected chi connectivity index (χ3v) is 4.82.